The molecule has 0 spiro atoms. The Hall–Kier alpha value is -10.2. The number of phenols is 5. The predicted octanol–water partition coefficient (Wildman–Crippen LogP) is 5.99. The van der Waals surface area contributed by atoms with Crippen molar-refractivity contribution in [1.29, 1.82) is 0 Å². The van der Waals surface area contributed by atoms with Crippen LogP contribution in [0.2, 0.25) is 10.0 Å². The zero-order valence-electron chi connectivity index (χ0n) is 46.0. The Morgan fingerprint density at radius 1 is 0.562 bits per heavy atom. The van der Waals surface area contributed by atoms with Crippen LogP contribution in [0.15, 0.2) is 115 Å². The van der Waals surface area contributed by atoms with Crippen molar-refractivity contribution in [3.05, 3.63) is 164 Å². The summed E-state index contributed by atoms with van der Waals surface area (Å²) in [5.41, 5.74) is 5.02. The number of fused-ring (bicyclic) bond motifs is 14. The summed E-state index contributed by atoms with van der Waals surface area (Å²) in [5, 5.41) is 83.6. The summed E-state index contributed by atoms with van der Waals surface area (Å²) in [7, 11) is 0.973. The fraction of sp³-hybridized carbons (Fsp3) is 0.197. The Balaban J connectivity index is 1.16. The average molecular weight is 1280 g/mol. The molecule has 7 aromatic rings. The van der Waals surface area contributed by atoms with Crippen LogP contribution in [0.3, 0.4) is 0 Å². The van der Waals surface area contributed by atoms with Gasteiger partial charge in [0.05, 0.1) is 23.0 Å². The summed E-state index contributed by atoms with van der Waals surface area (Å²) < 4.78 is 30.3. The van der Waals surface area contributed by atoms with E-state index in [4.69, 9.17) is 64.2 Å². The van der Waals surface area contributed by atoms with Gasteiger partial charge in [-0.2, -0.15) is 0 Å². The lowest BCUT2D eigenvalue weighted by molar-refractivity contribution is -0.146. The van der Waals surface area contributed by atoms with E-state index in [0.717, 1.165) is 43.5 Å². The number of amides is 6. The molecule has 7 aromatic carbocycles. The minimum atomic E-state index is -2.13. The number of aliphatic hydroxyl groups is 1. The number of benzene rings is 7. The number of hydrogen-bond donors (Lipinski definition) is 13. The zero-order chi connectivity index (χ0) is 63.3. The minimum Gasteiger partial charge on any atom is -0.508 e. The first-order chi connectivity index (χ1) is 42.5. The molecule has 6 amide bonds. The van der Waals surface area contributed by atoms with E-state index in [1.807, 2.05) is 0 Å². The SMILES string of the molecule is COC(=O)[C@H]1NC(=O)[C@H]2NC(=O)[C@H](NC(=O)[C@@H]3NC(=O)[C@H]4NC(=O)[C@@H](Cc5ccc(c(Cl)c5)Oc5cc3cc(c5OCCCl)Oc3ccc(cc3Cl)[C@H]2O)NC(=O)[C@@H](N)c2ccc(O)c(c2)Oc2cc(O)cc4c2)c2ccc(O)c(c2)-c2c(O)cc(O)cc21. The third-order valence-electron chi connectivity index (χ3n) is 14.9. The van der Waals surface area contributed by atoms with E-state index < -0.39 is 119 Å². The maximum atomic E-state index is 15.9. The molecule has 0 unspecified atom stereocenters. The van der Waals surface area contributed by atoms with Crippen molar-refractivity contribution < 1.29 is 87.9 Å². The molecule has 6 aliphatic rings. The van der Waals surface area contributed by atoms with Crippen molar-refractivity contribution in [3.63, 3.8) is 0 Å². The predicted molar refractivity (Wildman–Crippen MR) is 314 cm³/mol. The second-order valence-electron chi connectivity index (χ2n) is 20.8. The average Bonchev–Trinajstić information content (AvgIpc) is 1.98. The number of alkyl halides is 1. The maximum Gasteiger partial charge on any atom is 0.333 e. The number of carbonyl (C=O) groups is 7. The number of phenolic OH excluding ortho intramolecular Hbond substituents is 5. The smallest absolute Gasteiger partial charge is 0.333 e. The van der Waals surface area contributed by atoms with Crippen LogP contribution in [0.5, 0.6) is 69.0 Å². The van der Waals surface area contributed by atoms with Crippen LogP contribution >= 0.6 is 34.8 Å². The van der Waals surface area contributed by atoms with Crippen LogP contribution in [0.25, 0.3) is 11.1 Å². The summed E-state index contributed by atoms with van der Waals surface area (Å²) in [5.74, 6) is -12.7. The highest BCUT2D eigenvalue weighted by molar-refractivity contribution is 6.32. The van der Waals surface area contributed by atoms with Crippen molar-refractivity contribution >= 4 is 76.2 Å². The van der Waals surface area contributed by atoms with Gasteiger partial charge in [0.1, 0.15) is 89.2 Å². The van der Waals surface area contributed by atoms with Crippen LogP contribution in [0, 0.1) is 0 Å². The fourth-order valence-electron chi connectivity index (χ4n) is 10.6. The number of nitrogens with one attached hydrogen (secondary N) is 6. The highest BCUT2D eigenvalue weighted by Gasteiger charge is 2.42. The first-order valence-corrected chi connectivity index (χ1v) is 28.2. The number of hydrogen-bond acceptors (Lipinski definition) is 19. The summed E-state index contributed by atoms with van der Waals surface area (Å²) in [4.78, 5) is 105. The minimum absolute atomic E-state index is 0.0659. The molecular formula is C61H50Cl3N7O18. The zero-order valence-corrected chi connectivity index (χ0v) is 48.3. The van der Waals surface area contributed by atoms with Gasteiger partial charge in [0, 0.05) is 35.2 Å². The first kappa shape index (κ1) is 60.5. The van der Waals surface area contributed by atoms with Crippen LogP contribution in [0.1, 0.15) is 75.3 Å². The van der Waals surface area contributed by atoms with E-state index in [-0.39, 0.29) is 114 Å². The number of esters is 1. The first-order valence-electron chi connectivity index (χ1n) is 26.9. The van der Waals surface area contributed by atoms with Gasteiger partial charge in [-0.25, -0.2) is 4.79 Å². The molecule has 17 bridgehead atoms. The third kappa shape index (κ3) is 12.2. The Morgan fingerprint density at radius 3 is 1.83 bits per heavy atom. The lowest BCUT2D eigenvalue weighted by atomic mass is 9.89. The van der Waals surface area contributed by atoms with Gasteiger partial charge in [-0.1, -0.05) is 47.5 Å². The summed E-state index contributed by atoms with van der Waals surface area (Å²) in [6.07, 6.45) is -2.40. The molecule has 0 saturated heterocycles. The van der Waals surface area contributed by atoms with Gasteiger partial charge in [0.15, 0.2) is 29.0 Å². The van der Waals surface area contributed by atoms with Gasteiger partial charge in [0.2, 0.25) is 41.2 Å². The Bertz CT molecular complexity index is 4120. The normalized spacial score (nSPS) is 21.5. The number of rotatable bonds is 4. The van der Waals surface area contributed by atoms with Crippen molar-refractivity contribution in [1.82, 2.24) is 31.9 Å². The molecule has 6 aliphatic heterocycles. The summed E-state index contributed by atoms with van der Waals surface area (Å²) >= 11 is 20.2. The van der Waals surface area contributed by atoms with E-state index in [1.165, 1.54) is 78.9 Å². The molecule has 28 heteroatoms. The Morgan fingerprint density at radius 2 is 1.16 bits per heavy atom. The van der Waals surface area contributed by atoms with Crippen molar-refractivity contribution in [2.24, 2.45) is 5.73 Å². The molecule has 14 N–H and O–H groups in total. The fourth-order valence-corrected chi connectivity index (χ4v) is 11.2. The molecule has 6 heterocycles. The largest absolute Gasteiger partial charge is 0.508 e. The van der Waals surface area contributed by atoms with Crippen molar-refractivity contribution in [2.75, 3.05) is 19.6 Å². The van der Waals surface area contributed by atoms with Crippen molar-refractivity contribution in [2.45, 2.75) is 54.8 Å². The maximum absolute atomic E-state index is 15.9. The van der Waals surface area contributed by atoms with Gasteiger partial charge < -0.3 is 92.0 Å². The van der Waals surface area contributed by atoms with Gasteiger partial charge in [0.25, 0.3) is 0 Å². The number of carbonyl (C=O) groups excluding carboxylic acids is 7. The molecule has 0 saturated carbocycles. The second kappa shape index (κ2) is 24.5. The second-order valence-corrected chi connectivity index (χ2v) is 22.0. The number of aliphatic hydroxyl groups excluding tert-OH is 1. The number of ether oxygens (including phenoxy) is 5. The van der Waals surface area contributed by atoms with Gasteiger partial charge in [-0.05, 0) is 112 Å². The van der Waals surface area contributed by atoms with Crippen LogP contribution < -0.4 is 56.6 Å². The number of aromatic hydroxyl groups is 5. The van der Waals surface area contributed by atoms with Crippen LogP contribution in [-0.4, -0.2) is 104 Å². The van der Waals surface area contributed by atoms with E-state index in [2.05, 4.69) is 31.9 Å². The molecule has 0 fully saturated rings. The topological polar surface area (TPSA) is 385 Å². The van der Waals surface area contributed by atoms with Crippen molar-refractivity contribution in [3.8, 4) is 80.1 Å². The molecule has 89 heavy (non-hydrogen) atoms. The lowest BCUT2D eigenvalue weighted by Crippen LogP contribution is -2.55. The molecule has 458 valence electrons. The van der Waals surface area contributed by atoms with E-state index in [1.54, 1.807) is 0 Å². The molecule has 8 atom stereocenters. The van der Waals surface area contributed by atoms with E-state index in [9.17, 15) is 49.8 Å². The number of halogens is 3. The molecule has 0 radical (unpaired) electrons. The molecular weight excluding hydrogens is 1230 g/mol. The molecule has 13 rings (SSSR count). The molecule has 0 aromatic heterocycles. The monoisotopic (exact) mass is 1270 g/mol. The standard InChI is InChI=1S/C61H50Cl3N7O18/c1-85-61(84)51-34-22-31(73)23-40(76)46(34)33-16-26(4-6-38(33)74)48-57(80)71-52(60(83)70-51)53(77)27-5-9-42(36(64)17-27)89-45-20-29-19-44(54(45)86-11-10-62)88-41-8-2-24(12-35(41)63)13-37-55(78)67-49(58(81)69-50(29)59(82)68-48)28-14-30(72)21-32(15-28)87-43-18-25(3-7-39(43)75)47(65)56(79)66-37/h2-9,12,14-23,37,47-53,72-77H,10-11,13,65H2,1H3,(H,66,79)(H,67,78)(H,68,82)(H,69,81)(H,70,83)(H,71,80)/t37-,47+,48-,49+,50-,51+,52+,53-/m1/s1. The molecule has 25 nitrogen and oxygen atoms in total. The lowest BCUT2D eigenvalue weighted by Gasteiger charge is -2.31. The van der Waals surface area contributed by atoms with E-state index in [0.29, 0.717) is 5.56 Å². The quantitative estimate of drug-likeness (QED) is 0.0711. The van der Waals surface area contributed by atoms with Gasteiger partial charge in [-0.3, -0.25) is 28.8 Å². The number of methoxy groups -OCH3 is 1. The van der Waals surface area contributed by atoms with Crippen LogP contribution in [0.4, 0.5) is 0 Å². The summed E-state index contributed by atoms with van der Waals surface area (Å²) in [6, 6.07) is 9.73. The third-order valence-corrected chi connectivity index (χ3v) is 15.7. The molecule has 0 aliphatic carbocycles. The van der Waals surface area contributed by atoms with E-state index >= 15 is 14.4 Å². The highest BCUT2D eigenvalue weighted by atomic mass is 35.5. The highest BCUT2D eigenvalue weighted by Crippen LogP contribution is 2.49. The Kier molecular flexibility index (Phi) is 16.7. The van der Waals surface area contributed by atoms with Gasteiger partial charge >= 0.3 is 5.97 Å². The Labute approximate surface area is 518 Å². The van der Waals surface area contributed by atoms with Gasteiger partial charge in [-0.15, -0.1) is 11.6 Å². The van der Waals surface area contributed by atoms with Crippen LogP contribution in [-0.2, 0) is 44.7 Å². The summed E-state index contributed by atoms with van der Waals surface area (Å²) in [6.45, 7) is -0.215. The number of nitrogens with two attached hydrogens (primary N) is 1.